The first-order valence-corrected chi connectivity index (χ1v) is 9.40. The number of carbonyl (C=O) groups excluding carboxylic acids is 3. The van der Waals surface area contributed by atoms with Crippen LogP contribution in [-0.2, 0) is 14.3 Å². The quantitative estimate of drug-likeness (QED) is 0.444. The maximum atomic E-state index is 12.2. The second-order valence-electron chi connectivity index (χ2n) is 6.16. The molecule has 0 fully saturated rings. The Kier molecular flexibility index (Phi) is 8.68. The van der Waals surface area contributed by atoms with Gasteiger partial charge in [0.2, 0.25) is 0 Å². The molecule has 160 valence electrons. The molecular formula is C22H25NO7. The van der Waals surface area contributed by atoms with Crippen molar-refractivity contribution in [3.63, 3.8) is 0 Å². The van der Waals surface area contributed by atoms with Crippen molar-refractivity contribution in [3.8, 4) is 17.2 Å². The van der Waals surface area contributed by atoms with Gasteiger partial charge in [-0.25, -0.2) is 0 Å². The molecular weight excluding hydrogens is 390 g/mol. The van der Waals surface area contributed by atoms with Gasteiger partial charge < -0.3 is 24.3 Å². The molecule has 1 N–H and O–H groups in total. The fourth-order valence-electron chi connectivity index (χ4n) is 2.57. The lowest BCUT2D eigenvalue weighted by Gasteiger charge is -2.11. The summed E-state index contributed by atoms with van der Waals surface area (Å²) in [7, 11) is 2.99. The number of ether oxygens (including phenoxy) is 4. The van der Waals surface area contributed by atoms with Gasteiger partial charge in [-0.05, 0) is 43.3 Å². The predicted molar refractivity (Wildman–Crippen MR) is 110 cm³/mol. The Bertz CT molecular complexity index is 878. The zero-order chi connectivity index (χ0) is 21.9. The minimum absolute atomic E-state index is 0.0132. The van der Waals surface area contributed by atoms with Gasteiger partial charge in [-0.1, -0.05) is 0 Å². The van der Waals surface area contributed by atoms with Gasteiger partial charge in [0.1, 0.15) is 17.2 Å². The van der Waals surface area contributed by atoms with Crippen LogP contribution in [0, 0.1) is 0 Å². The van der Waals surface area contributed by atoms with Crippen molar-refractivity contribution in [1.82, 2.24) is 0 Å². The fourth-order valence-corrected chi connectivity index (χ4v) is 2.57. The molecule has 8 heteroatoms. The van der Waals surface area contributed by atoms with Crippen LogP contribution in [0.3, 0.4) is 0 Å². The van der Waals surface area contributed by atoms with Crippen LogP contribution >= 0.6 is 0 Å². The number of methoxy groups -OCH3 is 2. The van der Waals surface area contributed by atoms with Gasteiger partial charge in [0.05, 0.1) is 32.9 Å². The summed E-state index contributed by atoms with van der Waals surface area (Å²) < 4.78 is 20.6. The summed E-state index contributed by atoms with van der Waals surface area (Å²) in [5.74, 6) is 0.314. The smallest absolute Gasteiger partial charge is 0.306 e. The number of hydrogen-bond acceptors (Lipinski definition) is 7. The summed E-state index contributed by atoms with van der Waals surface area (Å²) in [6.07, 6.45) is -0.133. The lowest BCUT2D eigenvalue weighted by molar-refractivity contribution is -0.147. The molecule has 0 saturated carbocycles. The van der Waals surface area contributed by atoms with E-state index in [0.29, 0.717) is 35.1 Å². The Balaban J connectivity index is 1.77. The minimum atomic E-state index is -0.633. The molecule has 2 aromatic rings. The number of hydrogen-bond donors (Lipinski definition) is 1. The number of esters is 1. The molecule has 0 bridgehead atoms. The minimum Gasteiger partial charge on any atom is -0.497 e. The standard InChI is InChI=1S/C22H25NO7/c1-4-29-16-7-5-15(6-8-16)19(24)11-12-22(26)30-14-21(25)23-18-10-9-17(27-2)13-20(18)28-3/h5-10,13H,4,11-12,14H2,1-3H3,(H,23,25). The Hall–Kier alpha value is -3.55. The van der Waals surface area contributed by atoms with Crippen molar-refractivity contribution >= 4 is 23.3 Å². The largest absolute Gasteiger partial charge is 0.497 e. The van der Waals surface area contributed by atoms with Crippen LogP contribution in [-0.4, -0.2) is 45.1 Å². The summed E-state index contributed by atoms with van der Waals surface area (Å²) >= 11 is 0. The van der Waals surface area contributed by atoms with E-state index in [1.54, 1.807) is 42.5 Å². The second-order valence-corrected chi connectivity index (χ2v) is 6.16. The third-order valence-corrected chi connectivity index (χ3v) is 4.09. The van der Waals surface area contributed by atoms with Gasteiger partial charge in [0.15, 0.2) is 12.4 Å². The summed E-state index contributed by atoms with van der Waals surface area (Å²) in [5, 5.41) is 2.60. The van der Waals surface area contributed by atoms with Crippen LogP contribution < -0.4 is 19.5 Å². The fraction of sp³-hybridized carbons (Fsp3) is 0.318. The van der Waals surface area contributed by atoms with Crippen molar-refractivity contribution in [1.29, 1.82) is 0 Å². The topological polar surface area (TPSA) is 100 Å². The molecule has 0 radical (unpaired) electrons. The molecule has 0 atom stereocenters. The van der Waals surface area contributed by atoms with Crippen molar-refractivity contribution in [2.24, 2.45) is 0 Å². The van der Waals surface area contributed by atoms with E-state index >= 15 is 0 Å². The summed E-state index contributed by atoms with van der Waals surface area (Å²) in [4.78, 5) is 36.1. The number of rotatable bonds is 11. The highest BCUT2D eigenvalue weighted by Gasteiger charge is 2.14. The normalized spacial score (nSPS) is 10.1. The molecule has 0 spiro atoms. The van der Waals surface area contributed by atoms with Crippen LogP contribution in [0.2, 0.25) is 0 Å². The molecule has 0 heterocycles. The molecule has 0 aromatic heterocycles. The third-order valence-electron chi connectivity index (χ3n) is 4.09. The maximum absolute atomic E-state index is 12.2. The summed E-state index contributed by atoms with van der Waals surface area (Å²) in [5.41, 5.74) is 0.903. The molecule has 0 aliphatic rings. The first-order chi connectivity index (χ1) is 14.5. The molecule has 0 saturated heterocycles. The summed E-state index contributed by atoms with van der Waals surface area (Å²) in [6.45, 7) is 1.95. The monoisotopic (exact) mass is 415 g/mol. The Morgan fingerprint density at radius 1 is 0.900 bits per heavy atom. The first-order valence-electron chi connectivity index (χ1n) is 9.40. The second kappa shape index (κ2) is 11.5. The molecule has 0 aliphatic carbocycles. The van der Waals surface area contributed by atoms with Crippen LogP contribution in [0.15, 0.2) is 42.5 Å². The molecule has 2 aromatic carbocycles. The van der Waals surface area contributed by atoms with E-state index in [1.165, 1.54) is 14.2 Å². The van der Waals surface area contributed by atoms with Crippen LogP contribution in [0.5, 0.6) is 17.2 Å². The molecule has 8 nitrogen and oxygen atoms in total. The van der Waals surface area contributed by atoms with E-state index in [1.807, 2.05) is 6.92 Å². The predicted octanol–water partition coefficient (Wildman–Crippen LogP) is 3.25. The molecule has 2 rings (SSSR count). The highest BCUT2D eigenvalue weighted by Crippen LogP contribution is 2.28. The number of amides is 1. The number of nitrogens with one attached hydrogen (secondary N) is 1. The lowest BCUT2D eigenvalue weighted by Crippen LogP contribution is -2.21. The van der Waals surface area contributed by atoms with E-state index in [9.17, 15) is 14.4 Å². The van der Waals surface area contributed by atoms with Crippen LogP contribution in [0.4, 0.5) is 5.69 Å². The highest BCUT2D eigenvalue weighted by molar-refractivity contribution is 5.98. The molecule has 30 heavy (non-hydrogen) atoms. The Morgan fingerprint density at radius 2 is 1.60 bits per heavy atom. The van der Waals surface area contributed by atoms with Gasteiger partial charge in [-0.3, -0.25) is 14.4 Å². The van der Waals surface area contributed by atoms with Gasteiger partial charge in [-0.2, -0.15) is 0 Å². The zero-order valence-electron chi connectivity index (χ0n) is 17.2. The average molecular weight is 415 g/mol. The number of ketones is 1. The molecule has 1 amide bonds. The van der Waals surface area contributed by atoms with Gasteiger partial charge in [0, 0.05) is 18.1 Å². The van der Waals surface area contributed by atoms with E-state index in [2.05, 4.69) is 5.32 Å². The third kappa shape index (κ3) is 6.80. The van der Waals surface area contributed by atoms with Crippen molar-refractivity contribution in [2.75, 3.05) is 32.8 Å². The zero-order valence-corrected chi connectivity index (χ0v) is 17.2. The average Bonchev–Trinajstić information content (AvgIpc) is 2.77. The van der Waals surface area contributed by atoms with Gasteiger partial charge in [-0.15, -0.1) is 0 Å². The lowest BCUT2D eigenvalue weighted by atomic mass is 10.1. The van der Waals surface area contributed by atoms with E-state index < -0.39 is 18.5 Å². The van der Waals surface area contributed by atoms with E-state index in [-0.39, 0.29) is 18.6 Å². The highest BCUT2D eigenvalue weighted by atomic mass is 16.5. The van der Waals surface area contributed by atoms with Gasteiger partial charge >= 0.3 is 5.97 Å². The Morgan fingerprint density at radius 3 is 2.23 bits per heavy atom. The number of anilines is 1. The van der Waals surface area contributed by atoms with E-state index in [4.69, 9.17) is 18.9 Å². The first kappa shape index (κ1) is 22.7. The van der Waals surface area contributed by atoms with Crippen molar-refractivity contribution in [3.05, 3.63) is 48.0 Å². The molecule has 0 aliphatic heterocycles. The van der Waals surface area contributed by atoms with E-state index in [0.717, 1.165) is 0 Å². The van der Waals surface area contributed by atoms with Gasteiger partial charge in [0.25, 0.3) is 5.91 Å². The number of Topliss-reactive ketones (excluding diaryl/α,β-unsaturated/α-hetero) is 1. The number of benzene rings is 2. The van der Waals surface area contributed by atoms with Crippen LogP contribution in [0.25, 0.3) is 0 Å². The summed E-state index contributed by atoms with van der Waals surface area (Å²) in [6, 6.07) is 11.6. The SMILES string of the molecule is CCOc1ccc(C(=O)CCC(=O)OCC(=O)Nc2ccc(OC)cc2OC)cc1. The van der Waals surface area contributed by atoms with Crippen molar-refractivity contribution in [2.45, 2.75) is 19.8 Å². The Labute approximate surface area is 175 Å². The van der Waals surface area contributed by atoms with Crippen molar-refractivity contribution < 1.29 is 33.3 Å². The molecule has 0 unspecified atom stereocenters. The number of carbonyl (C=O) groups is 3. The van der Waals surface area contributed by atoms with Crippen LogP contribution in [0.1, 0.15) is 30.1 Å². The maximum Gasteiger partial charge on any atom is 0.306 e.